The monoisotopic (exact) mass is 353 g/mol. The second-order valence-electron chi connectivity index (χ2n) is 7.18. The van der Waals surface area contributed by atoms with E-state index in [1.54, 1.807) is 0 Å². The molecule has 26 heavy (non-hydrogen) atoms. The van der Waals surface area contributed by atoms with Crippen LogP contribution in [0, 0.1) is 0 Å². The molecule has 0 bridgehead atoms. The van der Waals surface area contributed by atoms with Crippen LogP contribution in [0.2, 0.25) is 0 Å². The number of rotatable bonds is 5. The van der Waals surface area contributed by atoms with Crippen LogP contribution in [0.3, 0.4) is 0 Å². The van der Waals surface area contributed by atoms with Crippen molar-refractivity contribution in [2.75, 3.05) is 19.7 Å². The highest BCUT2D eigenvalue weighted by molar-refractivity contribution is 5.76. The highest BCUT2D eigenvalue weighted by atomic mass is 16.3. The number of benzene rings is 2. The van der Waals surface area contributed by atoms with Crippen molar-refractivity contribution in [3.63, 3.8) is 0 Å². The fourth-order valence-electron chi connectivity index (χ4n) is 3.49. The van der Waals surface area contributed by atoms with E-state index in [0.29, 0.717) is 38.8 Å². The summed E-state index contributed by atoms with van der Waals surface area (Å²) in [5.41, 5.74) is 2.50. The fraction of sp³-hybridized carbons (Fsp3) is 0.409. The molecule has 1 saturated heterocycles. The Morgan fingerprint density at radius 1 is 0.962 bits per heavy atom. The third kappa shape index (κ3) is 4.71. The number of aliphatic hydroxyl groups excluding tert-OH is 1. The lowest BCUT2D eigenvalue weighted by Gasteiger charge is -2.24. The summed E-state index contributed by atoms with van der Waals surface area (Å²) >= 11 is 0. The Hall–Kier alpha value is -2.17. The van der Waals surface area contributed by atoms with Crippen LogP contribution in [0.5, 0.6) is 0 Å². The van der Waals surface area contributed by atoms with Gasteiger partial charge in [0.1, 0.15) is 0 Å². The zero-order chi connectivity index (χ0) is 18.4. The van der Waals surface area contributed by atoms with Gasteiger partial charge in [-0.1, -0.05) is 54.6 Å². The number of carbonyl (C=O) groups is 1. The Kier molecular flexibility index (Phi) is 6.07. The van der Waals surface area contributed by atoms with Crippen molar-refractivity contribution in [3.8, 4) is 11.1 Å². The van der Waals surface area contributed by atoms with Crippen molar-refractivity contribution in [1.29, 1.82) is 0 Å². The minimum atomic E-state index is -1.03. The second kappa shape index (κ2) is 8.47. The van der Waals surface area contributed by atoms with Gasteiger partial charge in [0.15, 0.2) is 0 Å². The van der Waals surface area contributed by atoms with E-state index in [2.05, 4.69) is 36.4 Å². The number of amides is 1. The van der Waals surface area contributed by atoms with Gasteiger partial charge in [-0.25, -0.2) is 0 Å². The number of hydrogen-bond donors (Lipinski definition) is 2. The van der Waals surface area contributed by atoms with Gasteiger partial charge in [-0.2, -0.15) is 0 Å². The minimum Gasteiger partial charge on any atom is -0.393 e. The number of carbonyl (C=O) groups excluding carboxylic acids is 1. The second-order valence-corrected chi connectivity index (χ2v) is 7.18. The lowest BCUT2D eigenvalue weighted by molar-refractivity contribution is -0.131. The number of nitrogens with zero attached hydrogens (tertiary/aromatic N) is 1. The molecular formula is C22H27NO3. The Morgan fingerprint density at radius 3 is 2.35 bits per heavy atom. The molecule has 0 aromatic heterocycles. The van der Waals surface area contributed by atoms with E-state index in [0.717, 1.165) is 12.0 Å². The molecule has 138 valence electrons. The summed E-state index contributed by atoms with van der Waals surface area (Å²) < 4.78 is 0. The van der Waals surface area contributed by atoms with Crippen LogP contribution >= 0.6 is 0 Å². The third-order valence-electron chi connectivity index (χ3n) is 5.25. The van der Waals surface area contributed by atoms with Gasteiger partial charge >= 0.3 is 0 Å². The first-order chi connectivity index (χ1) is 12.6. The first kappa shape index (κ1) is 18.6. The molecule has 1 aliphatic rings. The molecule has 0 unspecified atom stereocenters. The van der Waals surface area contributed by atoms with E-state index >= 15 is 0 Å². The van der Waals surface area contributed by atoms with Crippen LogP contribution in [-0.2, 0) is 11.2 Å². The Labute approximate surface area is 155 Å². The van der Waals surface area contributed by atoms with Crippen LogP contribution in [0.1, 0.15) is 31.2 Å². The van der Waals surface area contributed by atoms with Crippen molar-refractivity contribution in [3.05, 3.63) is 60.2 Å². The van der Waals surface area contributed by atoms with E-state index in [9.17, 15) is 15.0 Å². The lowest BCUT2D eigenvalue weighted by atomic mass is 9.96. The molecule has 4 nitrogen and oxygen atoms in total. The van der Waals surface area contributed by atoms with Crippen molar-refractivity contribution in [1.82, 2.24) is 4.90 Å². The summed E-state index contributed by atoms with van der Waals surface area (Å²) in [7, 11) is 0. The summed E-state index contributed by atoms with van der Waals surface area (Å²) in [6, 6.07) is 18.6. The molecule has 1 aliphatic heterocycles. The number of likely N-dealkylation sites (tertiary alicyclic amines) is 1. The summed E-state index contributed by atoms with van der Waals surface area (Å²) in [4.78, 5) is 14.3. The topological polar surface area (TPSA) is 60.8 Å². The van der Waals surface area contributed by atoms with E-state index in [1.165, 1.54) is 11.1 Å². The molecule has 1 heterocycles. The van der Waals surface area contributed by atoms with Gasteiger partial charge in [-0.15, -0.1) is 0 Å². The average molecular weight is 353 g/mol. The highest BCUT2D eigenvalue weighted by Gasteiger charge is 2.30. The third-order valence-corrected chi connectivity index (χ3v) is 5.25. The van der Waals surface area contributed by atoms with Gasteiger partial charge < -0.3 is 15.1 Å². The molecule has 0 spiro atoms. The van der Waals surface area contributed by atoms with Crippen molar-refractivity contribution < 1.29 is 15.0 Å². The van der Waals surface area contributed by atoms with Crippen LogP contribution in [0.15, 0.2) is 54.6 Å². The number of hydrogen-bond acceptors (Lipinski definition) is 3. The molecule has 0 saturated carbocycles. The molecule has 0 aliphatic carbocycles. The van der Waals surface area contributed by atoms with Crippen LogP contribution < -0.4 is 0 Å². The predicted octanol–water partition coefficient (Wildman–Crippen LogP) is 3.02. The molecule has 2 N–H and O–H groups in total. The minimum absolute atomic E-state index is 0.124. The highest BCUT2D eigenvalue weighted by Crippen LogP contribution is 2.23. The maximum Gasteiger partial charge on any atom is 0.222 e. The van der Waals surface area contributed by atoms with Gasteiger partial charge in [0.2, 0.25) is 5.91 Å². The molecule has 3 rings (SSSR count). The van der Waals surface area contributed by atoms with Crippen LogP contribution in [-0.4, -0.2) is 46.3 Å². The van der Waals surface area contributed by atoms with E-state index in [4.69, 9.17) is 0 Å². The lowest BCUT2D eigenvalue weighted by Crippen LogP contribution is -2.36. The van der Waals surface area contributed by atoms with Gasteiger partial charge in [0.05, 0.1) is 12.2 Å². The van der Waals surface area contributed by atoms with E-state index < -0.39 is 5.60 Å². The largest absolute Gasteiger partial charge is 0.393 e. The first-order valence-corrected chi connectivity index (χ1v) is 9.35. The summed E-state index contributed by atoms with van der Waals surface area (Å²) in [5, 5.41) is 19.5. The number of aryl methyl sites for hydroxylation is 1. The average Bonchev–Trinajstić information content (AvgIpc) is 2.90. The van der Waals surface area contributed by atoms with Crippen molar-refractivity contribution in [2.24, 2.45) is 0 Å². The predicted molar refractivity (Wildman–Crippen MR) is 103 cm³/mol. The van der Waals surface area contributed by atoms with Crippen LogP contribution in [0.4, 0.5) is 0 Å². The molecule has 1 amide bonds. The van der Waals surface area contributed by atoms with Gasteiger partial charge in [0, 0.05) is 19.5 Å². The van der Waals surface area contributed by atoms with Crippen molar-refractivity contribution in [2.45, 2.75) is 37.7 Å². The maximum absolute atomic E-state index is 12.5. The van der Waals surface area contributed by atoms with Gasteiger partial charge in [-0.05, 0) is 42.4 Å². The summed E-state index contributed by atoms with van der Waals surface area (Å²) in [6.45, 7) is 0.944. The summed E-state index contributed by atoms with van der Waals surface area (Å²) in [6.07, 6.45) is 2.92. The molecule has 4 heteroatoms. The van der Waals surface area contributed by atoms with Gasteiger partial charge in [-0.3, -0.25) is 4.79 Å². The van der Waals surface area contributed by atoms with Gasteiger partial charge in [0.25, 0.3) is 0 Å². The smallest absolute Gasteiger partial charge is 0.222 e. The molecule has 1 atom stereocenters. The Morgan fingerprint density at radius 2 is 1.65 bits per heavy atom. The molecule has 2 aromatic rings. The molecular weight excluding hydrogens is 326 g/mol. The maximum atomic E-state index is 12.5. The zero-order valence-electron chi connectivity index (χ0n) is 15.1. The molecule has 0 radical (unpaired) electrons. The standard InChI is InChI=1S/C22H27NO3/c24-17-22(26)13-4-15-23(16-14-22)21(25)12-9-18-7-10-20(11-8-18)19-5-2-1-3-6-19/h1-3,5-8,10-11,24,26H,4,9,12-17H2/t22-/m0/s1. The Balaban J connectivity index is 1.53. The zero-order valence-corrected chi connectivity index (χ0v) is 15.1. The fourth-order valence-corrected chi connectivity index (χ4v) is 3.49. The van der Waals surface area contributed by atoms with E-state index in [1.807, 2.05) is 23.1 Å². The van der Waals surface area contributed by atoms with Crippen molar-refractivity contribution >= 4 is 5.91 Å². The summed E-state index contributed by atoms with van der Waals surface area (Å²) in [5.74, 6) is 0.124. The number of aliphatic hydroxyl groups is 2. The first-order valence-electron chi connectivity index (χ1n) is 9.35. The van der Waals surface area contributed by atoms with Crippen LogP contribution in [0.25, 0.3) is 11.1 Å². The molecule has 1 fully saturated rings. The normalized spacial score (nSPS) is 20.6. The van der Waals surface area contributed by atoms with E-state index in [-0.39, 0.29) is 12.5 Å². The quantitative estimate of drug-likeness (QED) is 0.869. The Bertz CT molecular complexity index is 714. The SMILES string of the molecule is O=C(CCc1ccc(-c2ccccc2)cc1)N1CCC[C@@](O)(CO)CC1. The molecule has 2 aromatic carbocycles.